The van der Waals surface area contributed by atoms with Crippen molar-refractivity contribution in [2.75, 3.05) is 11.9 Å². The minimum atomic E-state index is -1.23. The molecule has 6 atom stereocenters. The first-order valence-corrected chi connectivity index (χ1v) is 17.6. The largest absolute Gasteiger partial charge is 0.351 e. The second-order valence-corrected chi connectivity index (χ2v) is 15.4. The van der Waals surface area contributed by atoms with E-state index in [4.69, 9.17) is 0 Å². The molecule has 244 valence electrons. The van der Waals surface area contributed by atoms with Crippen molar-refractivity contribution in [3.05, 3.63) is 47.9 Å². The predicted molar refractivity (Wildman–Crippen MR) is 179 cm³/mol. The molecule has 4 N–H and O–H groups in total. The summed E-state index contributed by atoms with van der Waals surface area (Å²) < 4.78 is 2.58. The highest BCUT2D eigenvalue weighted by Gasteiger charge is 2.40. The Hall–Kier alpha value is -2.84. The zero-order chi connectivity index (χ0) is 32.8. The molecule has 2 heterocycles. The van der Waals surface area contributed by atoms with Gasteiger partial charge in [0, 0.05) is 29.7 Å². The minimum absolute atomic E-state index is 0.0613. The number of nitrogens with one attached hydrogen (secondary N) is 4. The molecule has 6 unspecified atom stereocenters. The van der Waals surface area contributed by atoms with E-state index in [0.717, 1.165) is 30.6 Å². The molecular formula is C31H39Br2N5O6S. The number of hydrogen-bond donors (Lipinski definition) is 4. The number of likely N-dealkylation sites (N-methyl/N-ethyl adjacent to an activating group) is 1. The Morgan fingerprint density at radius 3 is 2.53 bits per heavy atom. The number of fused-ring (bicyclic) bond motifs is 2. The molecule has 2 bridgehead atoms. The van der Waals surface area contributed by atoms with Gasteiger partial charge in [0.15, 0.2) is 0 Å². The van der Waals surface area contributed by atoms with Crippen LogP contribution in [0.1, 0.15) is 69.0 Å². The number of aromatic nitrogens is 1. The molecule has 0 saturated heterocycles. The maximum absolute atomic E-state index is 13.4. The molecule has 45 heavy (non-hydrogen) atoms. The summed E-state index contributed by atoms with van der Waals surface area (Å²) in [4.78, 5) is 77.4. The molecular weight excluding hydrogens is 730 g/mol. The van der Waals surface area contributed by atoms with Crippen LogP contribution in [0.4, 0.5) is 5.69 Å². The fraction of sp³-hybridized carbons (Fsp3) is 0.548. The lowest BCUT2D eigenvalue weighted by Gasteiger charge is -2.46. The number of ketones is 1. The third kappa shape index (κ3) is 9.13. The fourth-order valence-corrected chi connectivity index (χ4v) is 8.59. The van der Waals surface area contributed by atoms with Gasteiger partial charge < -0.3 is 25.8 Å². The quantitative estimate of drug-likeness (QED) is 0.237. The number of amides is 4. The van der Waals surface area contributed by atoms with Gasteiger partial charge in [0.1, 0.15) is 18.3 Å². The van der Waals surface area contributed by atoms with E-state index in [1.807, 2.05) is 0 Å². The van der Waals surface area contributed by atoms with Crippen LogP contribution in [0, 0.1) is 23.7 Å². The number of halogens is 2. The molecule has 4 rings (SSSR count). The number of carbonyl (C=O) groups excluding carboxylic acids is 5. The molecule has 2 aromatic rings. The van der Waals surface area contributed by atoms with Gasteiger partial charge in [0.05, 0.1) is 8.66 Å². The van der Waals surface area contributed by atoms with Crippen molar-refractivity contribution in [3.8, 4) is 0 Å². The van der Waals surface area contributed by atoms with Gasteiger partial charge in [-0.25, -0.2) is 0 Å². The van der Waals surface area contributed by atoms with Gasteiger partial charge in [-0.05, 0) is 113 Å². The van der Waals surface area contributed by atoms with E-state index >= 15 is 0 Å². The topological polar surface area (TPSA) is 155 Å². The van der Waals surface area contributed by atoms with E-state index in [2.05, 4.69) is 67.0 Å². The molecule has 0 aliphatic heterocycles. The molecule has 2 aliphatic carbocycles. The maximum Gasteiger partial charge on any atom is 0.287 e. The number of nitrogens with zero attached hydrogens (tertiary/aromatic N) is 1. The number of carbonyl (C=O) groups is 5. The third-order valence-corrected chi connectivity index (χ3v) is 11.8. The molecule has 2 saturated carbocycles. The first kappa shape index (κ1) is 35.0. The van der Waals surface area contributed by atoms with Crippen molar-refractivity contribution >= 4 is 78.3 Å². The van der Waals surface area contributed by atoms with Crippen molar-refractivity contribution < 1.29 is 24.0 Å². The van der Waals surface area contributed by atoms with Crippen LogP contribution in [0.3, 0.4) is 0 Å². The van der Waals surface area contributed by atoms with Gasteiger partial charge in [-0.15, -0.1) is 11.3 Å². The Bertz CT molecular complexity index is 1490. The highest BCUT2D eigenvalue weighted by atomic mass is 79.9. The van der Waals surface area contributed by atoms with Gasteiger partial charge in [-0.3, -0.25) is 28.8 Å². The number of anilines is 1. The molecule has 2 aromatic heterocycles. The van der Waals surface area contributed by atoms with Gasteiger partial charge in [0.25, 0.3) is 17.4 Å². The number of Topliss-reactive ketones (excluding diaryl/α,β-unsaturated/α-hetero) is 1. The van der Waals surface area contributed by atoms with E-state index in [9.17, 15) is 28.8 Å². The van der Waals surface area contributed by atoms with Crippen molar-refractivity contribution in [2.24, 2.45) is 23.7 Å². The lowest BCUT2D eigenvalue weighted by atomic mass is 9.63. The lowest BCUT2D eigenvalue weighted by molar-refractivity contribution is -0.138. The van der Waals surface area contributed by atoms with Gasteiger partial charge in [0.2, 0.25) is 17.6 Å². The normalized spacial score (nSPS) is 23.0. The lowest BCUT2D eigenvalue weighted by Crippen LogP contribution is -2.51. The highest BCUT2D eigenvalue weighted by Crippen LogP contribution is 2.44. The Labute approximate surface area is 282 Å². The first-order valence-electron chi connectivity index (χ1n) is 15.2. The summed E-state index contributed by atoms with van der Waals surface area (Å²) in [5, 5.41) is 10.8. The number of hydrogen-bond acceptors (Lipinski definition) is 7. The van der Waals surface area contributed by atoms with Crippen LogP contribution in [0.2, 0.25) is 0 Å². The van der Waals surface area contributed by atoms with E-state index in [1.165, 1.54) is 23.3 Å². The summed E-state index contributed by atoms with van der Waals surface area (Å²) in [6.45, 7) is 6.19. The third-order valence-electron chi connectivity index (χ3n) is 8.56. The molecule has 0 aromatic carbocycles. The summed E-state index contributed by atoms with van der Waals surface area (Å²) in [6, 6.07) is 3.37. The smallest absolute Gasteiger partial charge is 0.287 e. The van der Waals surface area contributed by atoms with Gasteiger partial charge in [-0.2, -0.15) is 0 Å². The Kier molecular flexibility index (Phi) is 12.2. The second-order valence-electron chi connectivity index (χ2n) is 12.2. The molecule has 2 aliphatic rings. The van der Waals surface area contributed by atoms with Crippen LogP contribution < -0.4 is 26.8 Å². The predicted octanol–water partition coefficient (Wildman–Crippen LogP) is 4.23. The SMILES string of the molecule is CCNC(=O)C(=O)CCC(NC(=O)c1cc(Br)c(Br)s1)C(=O)Nc1cccn(CC(=O)NC2C(C)CC3CC(C)CC2C3)c1=O. The van der Waals surface area contributed by atoms with Gasteiger partial charge >= 0.3 is 0 Å². The van der Waals surface area contributed by atoms with Crippen molar-refractivity contribution in [2.45, 2.75) is 77.9 Å². The van der Waals surface area contributed by atoms with Crippen molar-refractivity contribution in [3.63, 3.8) is 0 Å². The van der Waals surface area contributed by atoms with Crippen LogP contribution >= 0.6 is 43.2 Å². The molecule has 4 amide bonds. The molecule has 11 nitrogen and oxygen atoms in total. The maximum atomic E-state index is 13.4. The van der Waals surface area contributed by atoms with Crippen LogP contribution in [0.25, 0.3) is 0 Å². The van der Waals surface area contributed by atoms with Gasteiger partial charge in [-0.1, -0.05) is 13.8 Å². The fourth-order valence-electron chi connectivity index (χ4n) is 6.65. The van der Waals surface area contributed by atoms with Crippen LogP contribution in [-0.4, -0.2) is 52.6 Å². The standard InChI is InChI=1S/C31H39Br2N5O6S/c1-4-34-29(42)23(39)8-7-21(35-30(43)24-14-20(32)27(33)45-24)28(41)36-22-6-5-9-38(31(22)44)15-25(40)37-26-17(3)12-18-10-16(2)11-19(26)13-18/h5-6,9,14,16-19,21,26H,4,7-8,10-13,15H2,1-3H3,(H,34,42)(H,35,43)(H,36,41)(H,37,40). The van der Waals surface area contributed by atoms with Crippen LogP contribution in [0.15, 0.2) is 37.4 Å². The first-order chi connectivity index (χ1) is 21.4. The number of pyridine rings is 1. The van der Waals surface area contributed by atoms with Crippen molar-refractivity contribution in [1.29, 1.82) is 0 Å². The number of thiophene rings is 1. The summed E-state index contributed by atoms with van der Waals surface area (Å²) in [7, 11) is 0. The summed E-state index contributed by atoms with van der Waals surface area (Å²) in [5.41, 5.74) is -0.667. The van der Waals surface area contributed by atoms with E-state index in [-0.39, 0.29) is 43.6 Å². The Balaban J connectivity index is 1.44. The van der Waals surface area contributed by atoms with Crippen LogP contribution in [-0.2, 0) is 25.7 Å². The molecule has 2 fully saturated rings. The van der Waals surface area contributed by atoms with Crippen molar-refractivity contribution in [1.82, 2.24) is 20.5 Å². The molecule has 14 heteroatoms. The average molecular weight is 770 g/mol. The Morgan fingerprint density at radius 1 is 1.09 bits per heavy atom. The molecule has 0 radical (unpaired) electrons. The summed E-state index contributed by atoms with van der Waals surface area (Å²) in [5.74, 6) is -0.947. The van der Waals surface area contributed by atoms with E-state index < -0.39 is 35.1 Å². The minimum Gasteiger partial charge on any atom is -0.351 e. The van der Waals surface area contributed by atoms with E-state index in [0.29, 0.717) is 36.8 Å². The highest BCUT2D eigenvalue weighted by molar-refractivity contribution is 9.13. The zero-order valence-corrected chi connectivity index (χ0v) is 29.5. The monoisotopic (exact) mass is 767 g/mol. The second kappa shape index (κ2) is 15.6. The van der Waals surface area contributed by atoms with E-state index in [1.54, 1.807) is 19.1 Å². The Morgan fingerprint density at radius 2 is 1.84 bits per heavy atom. The average Bonchev–Trinajstić information content (AvgIpc) is 3.32. The zero-order valence-electron chi connectivity index (χ0n) is 25.5. The van der Waals surface area contributed by atoms with Crippen LogP contribution in [0.5, 0.6) is 0 Å². The summed E-state index contributed by atoms with van der Waals surface area (Å²) in [6.07, 6.45) is 5.54. The molecule has 0 spiro atoms. The number of rotatable bonds is 12. The summed E-state index contributed by atoms with van der Waals surface area (Å²) >= 11 is 7.81.